The van der Waals surface area contributed by atoms with Crippen molar-refractivity contribution in [3.8, 4) is 17.6 Å². The molecule has 4 rings (SSSR count). The first-order chi connectivity index (χ1) is 17.6. The molecule has 36 heavy (non-hydrogen) atoms. The maximum Gasteiger partial charge on any atom is 0.171 e. The number of hydrogen-bond donors (Lipinski definition) is 1. The van der Waals surface area contributed by atoms with Crippen LogP contribution in [0.2, 0.25) is 0 Å². The SMILES string of the molecule is CCC(CCOCCOc1cc2ncn(-c3ccc(C#N)cn3)c2nc1NC1CCOCC1)N(C)C. The van der Waals surface area contributed by atoms with Gasteiger partial charge in [0.2, 0.25) is 0 Å². The predicted molar refractivity (Wildman–Crippen MR) is 138 cm³/mol. The van der Waals surface area contributed by atoms with Gasteiger partial charge < -0.3 is 24.4 Å². The monoisotopic (exact) mass is 493 g/mol. The van der Waals surface area contributed by atoms with Crippen molar-refractivity contribution in [2.45, 2.75) is 44.7 Å². The van der Waals surface area contributed by atoms with Gasteiger partial charge in [-0.25, -0.2) is 15.0 Å². The van der Waals surface area contributed by atoms with Crippen molar-refractivity contribution in [3.63, 3.8) is 0 Å². The van der Waals surface area contributed by atoms with E-state index in [0.29, 0.717) is 60.0 Å². The van der Waals surface area contributed by atoms with E-state index < -0.39 is 0 Å². The molecule has 0 aromatic carbocycles. The summed E-state index contributed by atoms with van der Waals surface area (Å²) in [6.45, 7) is 5.27. The topological polar surface area (TPSA) is 110 Å². The van der Waals surface area contributed by atoms with E-state index in [4.69, 9.17) is 24.5 Å². The first-order valence-corrected chi connectivity index (χ1v) is 12.5. The molecule has 0 spiro atoms. The Morgan fingerprint density at radius 3 is 2.75 bits per heavy atom. The lowest BCUT2D eigenvalue weighted by atomic mass is 10.1. The van der Waals surface area contributed by atoms with Crippen molar-refractivity contribution >= 4 is 17.0 Å². The highest BCUT2D eigenvalue weighted by molar-refractivity contribution is 5.78. The zero-order valence-corrected chi connectivity index (χ0v) is 21.3. The van der Waals surface area contributed by atoms with Gasteiger partial charge >= 0.3 is 0 Å². The molecule has 1 N–H and O–H groups in total. The van der Waals surface area contributed by atoms with Crippen molar-refractivity contribution in [1.29, 1.82) is 5.26 Å². The number of hydrogen-bond acceptors (Lipinski definition) is 9. The van der Waals surface area contributed by atoms with Crippen LogP contribution >= 0.6 is 0 Å². The Balaban J connectivity index is 1.48. The van der Waals surface area contributed by atoms with Crippen LogP contribution < -0.4 is 10.1 Å². The fraction of sp³-hybridized carbons (Fsp3) is 0.538. The van der Waals surface area contributed by atoms with Gasteiger partial charge in [-0.15, -0.1) is 0 Å². The van der Waals surface area contributed by atoms with Crippen LogP contribution in [0.1, 0.15) is 38.2 Å². The van der Waals surface area contributed by atoms with Crippen LogP contribution in [-0.4, -0.2) is 83.6 Å². The molecule has 0 aliphatic carbocycles. The number of nitrogens with zero attached hydrogens (tertiary/aromatic N) is 6. The Hall–Kier alpha value is -3.26. The zero-order chi connectivity index (χ0) is 25.3. The molecule has 10 nitrogen and oxygen atoms in total. The zero-order valence-electron chi connectivity index (χ0n) is 21.3. The number of ether oxygens (including phenoxy) is 3. The molecule has 10 heteroatoms. The highest BCUT2D eigenvalue weighted by Gasteiger charge is 2.19. The highest BCUT2D eigenvalue weighted by atomic mass is 16.5. The van der Waals surface area contributed by atoms with Crippen LogP contribution in [0.15, 0.2) is 30.7 Å². The summed E-state index contributed by atoms with van der Waals surface area (Å²) in [5, 5.41) is 12.6. The van der Waals surface area contributed by atoms with Crippen LogP contribution in [0.4, 0.5) is 5.82 Å². The van der Waals surface area contributed by atoms with Crippen LogP contribution in [-0.2, 0) is 9.47 Å². The second-order valence-electron chi connectivity index (χ2n) is 9.12. The van der Waals surface area contributed by atoms with Crippen molar-refractivity contribution in [3.05, 3.63) is 36.3 Å². The Kier molecular flexibility index (Phi) is 9.06. The number of imidazole rings is 1. The van der Waals surface area contributed by atoms with E-state index in [1.165, 1.54) is 0 Å². The lowest BCUT2D eigenvalue weighted by molar-refractivity contribution is 0.0833. The Morgan fingerprint density at radius 1 is 1.22 bits per heavy atom. The number of rotatable bonds is 12. The summed E-state index contributed by atoms with van der Waals surface area (Å²) in [7, 11) is 4.21. The summed E-state index contributed by atoms with van der Waals surface area (Å²) >= 11 is 0. The summed E-state index contributed by atoms with van der Waals surface area (Å²) in [5.74, 6) is 1.96. The van der Waals surface area contributed by atoms with Crippen molar-refractivity contribution in [2.24, 2.45) is 0 Å². The second-order valence-corrected chi connectivity index (χ2v) is 9.12. The summed E-state index contributed by atoms with van der Waals surface area (Å²) in [6, 6.07) is 8.29. The molecule has 1 fully saturated rings. The van der Waals surface area contributed by atoms with E-state index in [1.54, 1.807) is 24.7 Å². The standard InChI is InChI=1S/C26H35N7O3/c1-4-21(32(2)3)9-12-35-13-14-36-23-15-22-26(31-25(23)30-20-7-10-34-11-8-20)33(18-29-22)24-6-5-19(16-27)17-28-24/h5-6,15,17-18,20-21H,4,7-14H2,1-3H3,(H,30,31). The van der Waals surface area contributed by atoms with Gasteiger partial charge in [0.05, 0.1) is 12.2 Å². The average Bonchev–Trinajstić information content (AvgIpc) is 3.31. The minimum absolute atomic E-state index is 0.253. The van der Waals surface area contributed by atoms with Gasteiger partial charge in [0.1, 0.15) is 30.3 Å². The average molecular weight is 494 g/mol. The molecule has 1 unspecified atom stereocenters. The van der Waals surface area contributed by atoms with Crippen molar-refractivity contribution < 1.29 is 14.2 Å². The molecule has 3 aromatic heterocycles. The first kappa shape index (κ1) is 25.8. The molecule has 4 heterocycles. The quantitative estimate of drug-likeness (QED) is 0.380. The molecule has 1 saturated heterocycles. The van der Waals surface area contributed by atoms with E-state index in [0.717, 1.165) is 38.9 Å². The second kappa shape index (κ2) is 12.6. The number of pyridine rings is 2. The van der Waals surface area contributed by atoms with Gasteiger partial charge in [0, 0.05) is 44.2 Å². The molecule has 0 amide bonds. The van der Waals surface area contributed by atoms with Gasteiger partial charge in [-0.1, -0.05) is 6.92 Å². The van der Waals surface area contributed by atoms with Crippen LogP contribution in [0.25, 0.3) is 17.0 Å². The van der Waals surface area contributed by atoms with Gasteiger partial charge in [-0.2, -0.15) is 5.26 Å². The lowest BCUT2D eigenvalue weighted by Gasteiger charge is -2.24. The number of nitriles is 1. The van der Waals surface area contributed by atoms with Gasteiger partial charge in [-0.3, -0.25) is 4.57 Å². The third-order valence-electron chi connectivity index (χ3n) is 6.46. The third kappa shape index (κ3) is 6.49. The van der Waals surface area contributed by atoms with Gasteiger partial charge in [0.15, 0.2) is 17.2 Å². The van der Waals surface area contributed by atoms with Crippen molar-refractivity contribution in [2.75, 3.05) is 52.4 Å². The first-order valence-electron chi connectivity index (χ1n) is 12.5. The largest absolute Gasteiger partial charge is 0.487 e. The molecule has 1 aliphatic heterocycles. The lowest BCUT2D eigenvalue weighted by Crippen LogP contribution is -2.29. The normalized spacial score (nSPS) is 15.2. The smallest absolute Gasteiger partial charge is 0.171 e. The minimum atomic E-state index is 0.253. The summed E-state index contributed by atoms with van der Waals surface area (Å²) < 4.78 is 19.3. The summed E-state index contributed by atoms with van der Waals surface area (Å²) in [6.07, 6.45) is 7.14. The molecule has 0 radical (unpaired) electrons. The Labute approximate surface area is 212 Å². The molecular weight excluding hydrogens is 458 g/mol. The third-order valence-corrected chi connectivity index (χ3v) is 6.46. The van der Waals surface area contributed by atoms with Gasteiger partial charge in [-0.05, 0) is 51.9 Å². The molecule has 3 aromatic rings. The molecule has 0 bridgehead atoms. The predicted octanol–water partition coefficient (Wildman–Crippen LogP) is 3.40. The Bertz CT molecular complexity index is 1150. The van der Waals surface area contributed by atoms with E-state index >= 15 is 0 Å². The van der Waals surface area contributed by atoms with Crippen LogP contribution in [0.5, 0.6) is 5.75 Å². The molecule has 1 aliphatic rings. The Morgan fingerprint density at radius 2 is 2.06 bits per heavy atom. The van der Waals surface area contributed by atoms with E-state index in [-0.39, 0.29) is 6.04 Å². The summed E-state index contributed by atoms with van der Waals surface area (Å²) in [5.41, 5.74) is 1.87. The number of nitrogens with one attached hydrogen (secondary N) is 1. The number of aromatic nitrogens is 4. The fourth-order valence-corrected chi connectivity index (χ4v) is 4.29. The van der Waals surface area contributed by atoms with Crippen LogP contribution in [0, 0.1) is 11.3 Å². The number of fused-ring (bicyclic) bond motifs is 1. The number of anilines is 1. The van der Waals surface area contributed by atoms with E-state index in [1.807, 2.05) is 10.6 Å². The van der Waals surface area contributed by atoms with E-state index in [9.17, 15) is 0 Å². The fourth-order valence-electron chi connectivity index (χ4n) is 4.29. The van der Waals surface area contributed by atoms with Crippen molar-refractivity contribution in [1.82, 2.24) is 24.4 Å². The molecular formula is C26H35N7O3. The molecule has 192 valence electrons. The minimum Gasteiger partial charge on any atom is -0.487 e. The maximum absolute atomic E-state index is 9.07. The summed E-state index contributed by atoms with van der Waals surface area (Å²) in [4.78, 5) is 16.0. The maximum atomic E-state index is 9.07. The molecule has 1 atom stereocenters. The van der Waals surface area contributed by atoms with E-state index in [2.05, 4.69) is 47.3 Å². The van der Waals surface area contributed by atoms with Crippen LogP contribution in [0.3, 0.4) is 0 Å². The molecule has 0 saturated carbocycles. The van der Waals surface area contributed by atoms with Gasteiger partial charge in [0.25, 0.3) is 0 Å². The highest BCUT2D eigenvalue weighted by Crippen LogP contribution is 2.29.